The number of non-ortho nitro benzene ring substituents is 1. The number of nitro benzene ring substituents is 1. The standard InChI is InChI=1S/C14H27N5O5.C8H8N2O3.C2H6/c1-17-9(5-6-12(21)22)14(24)19-10(4-2-3-7-15)13(23)18-8-11(16)20;1-9-8-3-2-7(10(12)13)4-6(8)5-11;1-2/h9-10,17H,2-8,15H2,1H3,(H2,16,20)(H,18,23)(H,19,24)(H,21,22);2-5,9H,1H3;1-2H3. The average Bonchev–Trinajstić information content (AvgIpc) is 2.92. The first-order chi connectivity index (χ1) is 18.5. The van der Waals surface area contributed by atoms with Gasteiger partial charge >= 0.3 is 5.97 Å². The third-order valence-electron chi connectivity index (χ3n) is 4.97. The molecular formula is C24H41N7O8. The highest BCUT2D eigenvalue weighted by molar-refractivity contribution is 5.91. The molecule has 0 saturated heterocycles. The van der Waals surface area contributed by atoms with Gasteiger partial charge in [-0.05, 0) is 45.3 Å². The van der Waals surface area contributed by atoms with Crippen LogP contribution in [0.5, 0.6) is 0 Å². The summed E-state index contributed by atoms with van der Waals surface area (Å²) in [5.74, 6) is -2.70. The van der Waals surface area contributed by atoms with Crippen LogP contribution in [0.15, 0.2) is 18.2 Å². The van der Waals surface area contributed by atoms with Crippen molar-refractivity contribution in [1.29, 1.82) is 0 Å². The minimum Gasteiger partial charge on any atom is -0.481 e. The normalized spacial score (nSPS) is 11.2. The summed E-state index contributed by atoms with van der Waals surface area (Å²) < 4.78 is 0. The molecule has 0 heterocycles. The molecule has 0 bridgehead atoms. The molecule has 0 aliphatic rings. The highest BCUT2D eigenvalue weighted by atomic mass is 16.6. The van der Waals surface area contributed by atoms with Gasteiger partial charge in [0.15, 0.2) is 6.29 Å². The van der Waals surface area contributed by atoms with E-state index in [2.05, 4.69) is 21.3 Å². The summed E-state index contributed by atoms with van der Waals surface area (Å²) in [6.07, 6.45) is 2.15. The van der Waals surface area contributed by atoms with Gasteiger partial charge in [0.25, 0.3) is 5.69 Å². The molecule has 15 heteroatoms. The van der Waals surface area contributed by atoms with Gasteiger partial charge in [-0.3, -0.25) is 34.1 Å². The molecule has 9 N–H and O–H groups in total. The lowest BCUT2D eigenvalue weighted by molar-refractivity contribution is -0.384. The van der Waals surface area contributed by atoms with E-state index in [1.807, 2.05) is 13.8 Å². The SMILES string of the molecule is CC.CNC(CCC(=O)O)C(=O)NC(CCCCN)C(=O)NCC(N)=O.CNc1ccc([N+](=O)[O-])cc1C=O. The third-order valence-corrected chi connectivity index (χ3v) is 4.97. The number of nitrogens with one attached hydrogen (secondary N) is 4. The van der Waals surface area contributed by atoms with Gasteiger partial charge in [0.05, 0.1) is 17.5 Å². The Hall–Kier alpha value is -4.11. The van der Waals surface area contributed by atoms with Crippen molar-refractivity contribution in [3.05, 3.63) is 33.9 Å². The zero-order chi connectivity index (χ0) is 30.4. The van der Waals surface area contributed by atoms with Gasteiger partial charge in [0, 0.05) is 36.9 Å². The lowest BCUT2D eigenvalue weighted by Gasteiger charge is -2.21. The molecule has 0 fully saturated rings. The number of anilines is 1. The molecule has 1 aromatic carbocycles. The Morgan fingerprint density at radius 2 is 1.72 bits per heavy atom. The monoisotopic (exact) mass is 555 g/mol. The second-order valence-corrected chi connectivity index (χ2v) is 7.70. The number of hydrogen-bond acceptors (Lipinski definition) is 10. The molecule has 220 valence electrons. The van der Waals surface area contributed by atoms with E-state index in [9.17, 15) is 34.1 Å². The van der Waals surface area contributed by atoms with Gasteiger partial charge in [-0.1, -0.05) is 13.8 Å². The van der Waals surface area contributed by atoms with E-state index in [4.69, 9.17) is 16.6 Å². The van der Waals surface area contributed by atoms with Crippen LogP contribution in [0.1, 0.15) is 56.3 Å². The molecule has 0 aliphatic heterocycles. The molecule has 1 aromatic rings. The Labute approximate surface area is 227 Å². The van der Waals surface area contributed by atoms with Crippen molar-refractivity contribution in [2.75, 3.05) is 32.5 Å². The number of aldehydes is 1. The highest BCUT2D eigenvalue weighted by Crippen LogP contribution is 2.19. The second kappa shape index (κ2) is 21.9. The van der Waals surface area contributed by atoms with Gasteiger partial charge in [-0.25, -0.2) is 0 Å². The van der Waals surface area contributed by atoms with Crippen molar-refractivity contribution in [2.45, 2.75) is 58.0 Å². The maximum atomic E-state index is 12.2. The van der Waals surface area contributed by atoms with Crippen molar-refractivity contribution >= 4 is 41.4 Å². The number of amides is 3. The third kappa shape index (κ3) is 16.4. The fourth-order valence-corrected chi connectivity index (χ4v) is 2.99. The summed E-state index contributed by atoms with van der Waals surface area (Å²) in [6, 6.07) is 2.51. The number of carboxylic acid groups (broad SMARTS) is 1. The van der Waals surface area contributed by atoms with E-state index in [0.29, 0.717) is 37.8 Å². The molecule has 39 heavy (non-hydrogen) atoms. The van der Waals surface area contributed by atoms with Gasteiger partial charge < -0.3 is 37.8 Å². The topological polar surface area (TPSA) is 249 Å². The van der Waals surface area contributed by atoms with E-state index < -0.39 is 40.7 Å². The van der Waals surface area contributed by atoms with Crippen LogP contribution in [0.2, 0.25) is 0 Å². The van der Waals surface area contributed by atoms with Crippen molar-refractivity contribution < 1.29 is 34.0 Å². The van der Waals surface area contributed by atoms with Gasteiger partial charge in [0.2, 0.25) is 17.7 Å². The molecule has 2 unspecified atom stereocenters. The Balaban J connectivity index is 0. The number of benzene rings is 1. The largest absolute Gasteiger partial charge is 0.481 e. The number of hydrogen-bond donors (Lipinski definition) is 7. The Morgan fingerprint density at radius 3 is 2.18 bits per heavy atom. The lowest BCUT2D eigenvalue weighted by atomic mass is 10.1. The second-order valence-electron chi connectivity index (χ2n) is 7.70. The van der Waals surface area contributed by atoms with Crippen molar-refractivity contribution in [3.8, 4) is 0 Å². The predicted molar refractivity (Wildman–Crippen MR) is 146 cm³/mol. The van der Waals surface area contributed by atoms with Crippen LogP contribution in [0.25, 0.3) is 0 Å². The smallest absolute Gasteiger partial charge is 0.303 e. The lowest BCUT2D eigenvalue weighted by Crippen LogP contribution is -2.53. The van der Waals surface area contributed by atoms with Crippen molar-refractivity contribution in [3.63, 3.8) is 0 Å². The number of likely N-dealkylation sites (N-methyl/N-ethyl adjacent to an activating group) is 1. The molecular weight excluding hydrogens is 514 g/mol. The van der Waals surface area contributed by atoms with Gasteiger partial charge in [-0.2, -0.15) is 0 Å². The Morgan fingerprint density at radius 1 is 1.08 bits per heavy atom. The van der Waals surface area contributed by atoms with Crippen LogP contribution < -0.4 is 32.7 Å². The van der Waals surface area contributed by atoms with E-state index in [1.165, 1.54) is 25.2 Å². The number of primary amides is 1. The van der Waals surface area contributed by atoms with Crippen LogP contribution in [0.3, 0.4) is 0 Å². The van der Waals surface area contributed by atoms with Crippen LogP contribution in [0, 0.1) is 10.1 Å². The van der Waals surface area contributed by atoms with Crippen LogP contribution >= 0.6 is 0 Å². The molecule has 15 nitrogen and oxygen atoms in total. The Kier molecular flexibility index (Phi) is 20.8. The first kappa shape index (κ1) is 37.0. The van der Waals surface area contributed by atoms with Crippen molar-refractivity contribution in [2.24, 2.45) is 11.5 Å². The minimum atomic E-state index is -1.01. The Bertz CT molecular complexity index is 943. The van der Waals surface area contributed by atoms with Crippen LogP contribution in [0.4, 0.5) is 11.4 Å². The first-order valence-corrected chi connectivity index (χ1v) is 12.4. The number of carbonyl (C=O) groups excluding carboxylic acids is 4. The number of nitrogens with zero attached hydrogens (tertiary/aromatic N) is 1. The number of carbonyl (C=O) groups is 5. The van der Waals surface area contributed by atoms with Gasteiger partial charge in [0.1, 0.15) is 6.04 Å². The summed E-state index contributed by atoms with van der Waals surface area (Å²) in [6.45, 7) is 4.14. The maximum absolute atomic E-state index is 12.2. The predicted octanol–water partition coefficient (Wildman–Crippen LogP) is 0.130. The number of rotatable bonds is 16. The summed E-state index contributed by atoms with van der Waals surface area (Å²) in [4.78, 5) is 66.0. The zero-order valence-corrected chi connectivity index (χ0v) is 22.8. The van der Waals surface area contributed by atoms with Crippen molar-refractivity contribution in [1.82, 2.24) is 16.0 Å². The van der Waals surface area contributed by atoms with Crippen LogP contribution in [-0.4, -0.2) is 79.3 Å². The molecule has 0 aromatic heterocycles. The number of aliphatic carboxylic acids is 1. The summed E-state index contributed by atoms with van der Waals surface area (Å²) in [5.41, 5.74) is 11.2. The molecule has 0 saturated carbocycles. The molecule has 0 spiro atoms. The minimum absolute atomic E-state index is 0.0823. The summed E-state index contributed by atoms with van der Waals surface area (Å²) in [5, 5.41) is 29.4. The molecule has 0 aliphatic carbocycles. The number of nitro groups is 1. The summed E-state index contributed by atoms with van der Waals surface area (Å²) >= 11 is 0. The van der Waals surface area contributed by atoms with Crippen LogP contribution in [-0.2, 0) is 19.2 Å². The molecule has 2 atom stereocenters. The zero-order valence-electron chi connectivity index (χ0n) is 22.8. The van der Waals surface area contributed by atoms with E-state index >= 15 is 0 Å². The number of nitrogens with two attached hydrogens (primary N) is 2. The van der Waals surface area contributed by atoms with Gasteiger partial charge in [-0.15, -0.1) is 0 Å². The van der Waals surface area contributed by atoms with E-state index in [-0.39, 0.29) is 30.6 Å². The van der Waals surface area contributed by atoms with E-state index in [0.717, 1.165) is 0 Å². The fourth-order valence-electron chi connectivity index (χ4n) is 2.99. The molecule has 0 radical (unpaired) electrons. The quantitative estimate of drug-likeness (QED) is 0.0624. The van der Waals surface area contributed by atoms with E-state index in [1.54, 1.807) is 7.05 Å². The summed E-state index contributed by atoms with van der Waals surface area (Å²) in [7, 11) is 3.18. The highest BCUT2D eigenvalue weighted by Gasteiger charge is 2.25. The average molecular weight is 556 g/mol. The molecule has 3 amide bonds. The number of carboxylic acids is 1. The maximum Gasteiger partial charge on any atom is 0.303 e. The fraction of sp³-hybridized carbons (Fsp3) is 0.542. The first-order valence-electron chi connectivity index (χ1n) is 12.4. The molecule has 1 rings (SSSR count). The number of unbranched alkanes of at least 4 members (excludes halogenated alkanes) is 1.